The zero-order valence-corrected chi connectivity index (χ0v) is 32.4. The van der Waals surface area contributed by atoms with E-state index in [4.69, 9.17) is 14.6 Å². The van der Waals surface area contributed by atoms with Crippen LogP contribution in [0.4, 0.5) is 0 Å². The molecule has 2 heterocycles. The molecule has 0 spiro atoms. The predicted octanol–water partition coefficient (Wildman–Crippen LogP) is 3.62. The van der Waals surface area contributed by atoms with Gasteiger partial charge in [-0.1, -0.05) is 44.9 Å². The van der Waals surface area contributed by atoms with Crippen LogP contribution in [0.25, 0.3) is 0 Å². The molecule has 2 aliphatic rings. The highest BCUT2D eigenvalue weighted by Crippen LogP contribution is 2.25. The molecule has 6 N–H and O–H groups in total. The molecule has 0 aromatic heterocycles. The van der Waals surface area contributed by atoms with Crippen molar-refractivity contribution in [3.05, 3.63) is 42.0 Å². The third kappa shape index (κ3) is 14.2. The first kappa shape index (κ1) is 45.4. The number of esters is 1. The van der Waals surface area contributed by atoms with Crippen molar-refractivity contribution in [2.75, 3.05) is 13.1 Å². The lowest BCUT2D eigenvalue weighted by atomic mass is 10.00. The minimum Gasteiger partial charge on any atom is -0.507 e. The number of ether oxygens (including phenoxy) is 2. The zero-order valence-electron chi connectivity index (χ0n) is 32.4. The number of hydrogen-bond donors (Lipinski definition) is 6. The van der Waals surface area contributed by atoms with E-state index >= 15 is 0 Å². The molecule has 56 heavy (non-hydrogen) atoms. The molecule has 0 bridgehead atoms. The Balaban J connectivity index is 1.63. The molecule has 4 amide bonds. The number of benzene rings is 1. The van der Waals surface area contributed by atoms with E-state index in [1.807, 2.05) is 0 Å². The Labute approximate surface area is 327 Å². The van der Waals surface area contributed by atoms with Crippen LogP contribution in [-0.2, 0) is 38.2 Å². The molecule has 17 nitrogen and oxygen atoms in total. The number of rotatable bonds is 22. The number of hydrogen-bond acceptors (Lipinski definition) is 12. The second-order valence-electron chi connectivity index (χ2n) is 14.2. The molecule has 310 valence electrons. The number of carbonyl (C=O) groups is 6. The Morgan fingerprint density at radius 1 is 1.09 bits per heavy atom. The van der Waals surface area contributed by atoms with Crippen LogP contribution in [0.1, 0.15) is 110 Å². The van der Waals surface area contributed by atoms with Crippen LogP contribution in [0.3, 0.4) is 0 Å². The fourth-order valence-electron chi connectivity index (χ4n) is 6.35. The van der Waals surface area contributed by atoms with Gasteiger partial charge < -0.3 is 30.3 Å². The van der Waals surface area contributed by atoms with E-state index in [0.29, 0.717) is 47.8 Å². The summed E-state index contributed by atoms with van der Waals surface area (Å²) in [5.41, 5.74) is 0.298. The lowest BCUT2D eigenvalue weighted by Gasteiger charge is -2.27. The highest BCUT2D eigenvalue weighted by atomic mass is 16.5. The van der Waals surface area contributed by atoms with E-state index < -0.39 is 71.8 Å². The number of carboxylic acid groups (broad SMARTS) is 1. The summed E-state index contributed by atoms with van der Waals surface area (Å²) in [5.74, 6) is -4.99. The van der Waals surface area contributed by atoms with Crippen molar-refractivity contribution in [1.82, 2.24) is 20.8 Å². The number of aliphatic carboxylic acids is 1. The number of para-hydroxylation sites is 1. The predicted molar refractivity (Wildman–Crippen MR) is 201 cm³/mol. The Kier molecular flexibility index (Phi) is 18.7. The van der Waals surface area contributed by atoms with Gasteiger partial charge in [-0.3, -0.25) is 34.4 Å². The summed E-state index contributed by atoms with van der Waals surface area (Å²) in [6.07, 6.45) is 7.27. The molecule has 6 atom stereocenters. The van der Waals surface area contributed by atoms with Gasteiger partial charge in [0.15, 0.2) is 6.04 Å². The maximum atomic E-state index is 13.7. The number of phenolic OH excluding ortho intramolecular Hbond substituents is 1. The summed E-state index contributed by atoms with van der Waals surface area (Å²) in [4.78, 5) is 80.4. The van der Waals surface area contributed by atoms with Gasteiger partial charge in [0.1, 0.15) is 30.0 Å². The molecule has 1 aromatic carbocycles. The minimum atomic E-state index is -1.21. The van der Waals surface area contributed by atoms with Crippen LogP contribution in [0, 0.1) is 5.92 Å². The van der Waals surface area contributed by atoms with Gasteiger partial charge in [0.2, 0.25) is 17.7 Å². The highest BCUT2D eigenvalue weighted by molar-refractivity contribution is 6.01. The number of carbonyl (C=O) groups excluding carboxylic acids is 5. The van der Waals surface area contributed by atoms with E-state index in [2.05, 4.69) is 15.6 Å². The highest BCUT2D eigenvalue weighted by Gasteiger charge is 2.38. The lowest BCUT2D eigenvalue weighted by Crippen LogP contribution is -2.51. The number of carboxylic acids is 1. The SMILES string of the molecule is CCC(OC(=O)C(CCCCN(O)C(=O)C=CCCCCCCC(=O)O)NC(=O)C1N=C(c2ccccc2O)OC1C)C(C)C(=O)NC1CCCCN(O)C1=O. The molecule has 1 fully saturated rings. The maximum Gasteiger partial charge on any atom is 0.328 e. The average molecular weight is 788 g/mol. The Bertz CT molecular complexity index is 1570. The van der Waals surface area contributed by atoms with Gasteiger partial charge in [0.05, 0.1) is 11.5 Å². The number of nitrogens with one attached hydrogen (secondary N) is 2. The third-order valence-electron chi connectivity index (χ3n) is 9.76. The van der Waals surface area contributed by atoms with Gasteiger partial charge in [-0.15, -0.1) is 0 Å². The van der Waals surface area contributed by atoms with Crippen LogP contribution in [-0.4, -0.2) is 116 Å². The molecule has 6 unspecified atom stereocenters. The molecule has 0 saturated carbocycles. The number of amides is 4. The van der Waals surface area contributed by atoms with Crippen LogP contribution >= 0.6 is 0 Å². The largest absolute Gasteiger partial charge is 0.507 e. The first-order valence-corrected chi connectivity index (χ1v) is 19.5. The fourth-order valence-corrected chi connectivity index (χ4v) is 6.35. The second-order valence-corrected chi connectivity index (χ2v) is 14.2. The quantitative estimate of drug-likeness (QED) is 0.0325. The molecular weight excluding hydrogens is 730 g/mol. The van der Waals surface area contributed by atoms with Crippen LogP contribution in [0.2, 0.25) is 0 Å². The summed E-state index contributed by atoms with van der Waals surface area (Å²) in [7, 11) is 0. The number of aliphatic imine (C=N–C) groups is 1. The maximum absolute atomic E-state index is 13.7. The van der Waals surface area contributed by atoms with Gasteiger partial charge in [-0.2, -0.15) is 0 Å². The van der Waals surface area contributed by atoms with E-state index in [9.17, 15) is 44.3 Å². The van der Waals surface area contributed by atoms with Crippen molar-refractivity contribution in [3.8, 4) is 5.75 Å². The smallest absolute Gasteiger partial charge is 0.328 e. The fraction of sp³-hybridized carbons (Fsp3) is 0.615. The first-order chi connectivity index (χ1) is 26.7. The van der Waals surface area contributed by atoms with Gasteiger partial charge in [-0.05, 0) is 83.3 Å². The van der Waals surface area contributed by atoms with E-state index in [-0.39, 0.29) is 56.8 Å². The van der Waals surface area contributed by atoms with E-state index in [0.717, 1.165) is 19.3 Å². The van der Waals surface area contributed by atoms with Crippen molar-refractivity contribution in [3.63, 3.8) is 0 Å². The Morgan fingerprint density at radius 3 is 2.54 bits per heavy atom. The summed E-state index contributed by atoms with van der Waals surface area (Å²) < 4.78 is 11.6. The van der Waals surface area contributed by atoms with Crippen molar-refractivity contribution in [2.45, 2.75) is 135 Å². The monoisotopic (exact) mass is 787 g/mol. The van der Waals surface area contributed by atoms with Crippen LogP contribution in [0.15, 0.2) is 41.4 Å². The van der Waals surface area contributed by atoms with Crippen molar-refractivity contribution in [2.24, 2.45) is 10.9 Å². The van der Waals surface area contributed by atoms with Crippen molar-refractivity contribution >= 4 is 41.5 Å². The average Bonchev–Trinajstić information content (AvgIpc) is 3.49. The molecule has 1 saturated heterocycles. The van der Waals surface area contributed by atoms with E-state index in [1.165, 1.54) is 12.1 Å². The number of aromatic hydroxyl groups is 1. The van der Waals surface area contributed by atoms with Gasteiger partial charge in [0.25, 0.3) is 11.8 Å². The van der Waals surface area contributed by atoms with Crippen LogP contribution < -0.4 is 10.6 Å². The second kappa shape index (κ2) is 23.1. The molecule has 1 aromatic rings. The lowest BCUT2D eigenvalue weighted by molar-refractivity contribution is -0.167. The summed E-state index contributed by atoms with van der Waals surface area (Å²) in [5, 5.41) is 45.8. The number of allylic oxidation sites excluding steroid dienone is 1. The van der Waals surface area contributed by atoms with Gasteiger partial charge in [-0.25, -0.2) is 19.9 Å². The number of unbranched alkanes of at least 4 members (excludes halogenated alkanes) is 5. The standard InChI is InChI=1S/C39H57N5O12/c1-4-31(25(2)35(49)40-28-18-13-16-24-44(54)38(28)51)56-39(52)29(41-36(50)34-26(3)55-37(42-34)27-17-11-12-20-30(27)45)19-14-15-23-43(53)32(46)21-9-7-5-6-8-10-22-33(47)48/h9,11-12,17,20-21,25-26,28-29,31,34,45,53-54H,4-8,10,13-16,18-19,22-24H2,1-3H3,(H,40,49)(H,41,50)(H,47,48). The normalized spacial score (nSPS) is 19.9. The molecule has 0 aliphatic carbocycles. The molecule has 3 rings (SSSR count). The molecule has 2 aliphatic heterocycles. The third-order valence-corrected chi connectivity index (χ3v) is 9.76. The molecule has 0 radical (unpaired) electrons. The number of nitrogens with zero attached hydrogens (tertiary/aromatic N) is 3. The van der Waals surface area contributed by atoms with Crippen LogP contribution in [0.5, 0.6) is 5.75 Å². The molecular formula is C39H57N5O12. The number of phenols is 1. The van der Waals surface area contributed by atoms with Crippen molar-refractivity contribution < 1.29 is 58.9 Å². The van der Waals surface area contributed by atoms with Crippen molar-refractivity contribution in [1.29, 1.82) is 0 Å². The Hall–Kier alpha value is -5.03. The summed E-state index contributed by atoms with van der Waals surface area (Å²) >= 11 is 0. The topological polar surface area (TPSA) is 245 Å². The van der Waals surface area contributed by atoms with E-state index in [1.54, 1.807) is 45.0 Å². The number of hydroxylamine groups is 4. The molecule has 17 heteroatoms. The summed E-state index contributed by atoms with van der Waals surface area (Å²) in [6.45, 7) is 5.01. The first-order valence-electron chi connectivity index (χ1n) is 19.5. The summed E-state index contributed by atoms with van der Waals surface area (Å²) in [6, 6.07) is 3.15. The van der Waals surface area contributed by atoms with Gasteiger partial charge in [0, 0.05) is 25.6 Å². The Morgan fingerprint density at radius 2 is 1.82 bits per heavy atom. The minimum absolute atomic E-state index is 0.0439. The zero-order chi connectivity index (χ0) is 41.2. The van der Waals surface area contributed by atoms with Gasteiger partial charge >= 0.3 is 11.9 Å².